The minimum Gasteiger partial charge on any atom is -0.496 e. The van der Waals surface area contributed by atoms with E-state index in [0.29, 0.717) is 16.9 Å². The molecule has 0 aliphatic rings. The summed E-state index contributed by atoms with van der Waals surface area (Å²) in [6.07, 6.45) is 1.35. The lowest BCUT2D eigenvalue weighted by Gasteiger charge is -2.11. The van der Waals surface area contributed by atoms with Gasteiger partial charge in [-0.25, -0.2) is 4.39 Å². The maximum atomic E-state index is 14.4. The van der Waals surface area contributed by atoms with Crippen molar-refractivity contribution in [1.29, 1.82) is 0 Å². The summed E-state index contributed by atoms with van der Waals surface area (Å²) in [6, 6.07) is 3.25. The monoisotopic (exact) mass is 252 g/mol. The van der Waals surface area contributed by atoms with Gasteiger partial charge in [-0.15, -0.1) is 0 Å². The third-order valence-corrected chi connectivity index (χ3v) is 2.57. The third kappa shape index (κ3) is 2.02. The number of rotatable bonds is 4. The lowest BCUT2D eigenvalue weighted by atomic mass is 10.0. The fraction of sp³-hybridized carbons (Fsp3) is 0.250. The van der Waals surface area contributed by atoms with E-state index in [4.69, 9.17) is 19.7 Å². The summed E-state index contributed by atoms with van der Waals surface area (Å²) in [6.45, 7) is 0.161. The Balaban J connectivity index is 2.63. The Bertz CT molecular complexity index is 554. The molecule has 1 aromatic carbocycles. The zero-order valence-corrected chi connectivity index (χ0v) is 10.1. The highest BCUT2D eigenvalue weighted by atomic mass is 19.1. The average Bonchev–Trinajstić information content (AvgIpc) is 2.78. The predicted molar refractivity (Wildman–Crippen MR) is 63.6 cm³/mol. The first-order valence-electron chi connectivity index (χ1n) is 5.23. The van der Waals surface area contributed by atoms with Crippen molar-refractivity contribution in [1.82, 2.24) is 5.16 Å². The number of benzene rings is 1. The van der Waals surface area contributed by atoms with Crippen molar-refractivity contribution in [2.75, 3.05) is 20.0 Å². The van der Waals surface area contributed by atoms with Gasteiger partial charge in [0.1, 0.15) is 11.6 Å². The number of anilines is 1. The molecular weight excluding hydrogens is 239 g/mol. The highest BCUT2D eigenvalue weighted by Gasteiger charge is 2.20. The van der Waals surface area contributed by atoms with E-state index < -0.39 is 5.82 Å². The van der Waals surface area contributed by atoms with Crippen molar-refractivity contribution >= 4 is 5.88 Å². The fourth-order valence-electron chi connectivity index (χ4n) is 1.73. The SMILES string of the molecule is COCc1ccc(OC)c(-c2cnoc2N)c1F. The molecule has 96 valence electrons. The van der Waals surface area contributed by atoms with Gasteiger partial charge in [0.15, 0.2) is 0 Å². The highest BCUT2D eigenvalue weighted by molar-refractivity contribution is 5.78. The van der Waals surface area contributed by atoms with Crippen LogP contribution >= 0.6 is 0 Å². The molecule has 0 radical (unpaired) electrons. The molecule has 0 unspecified atom stereocenters. The second kappa shape index (κ2) is 5.05. The summed E-state index contributed by atoms with van der Waals surface area (Å²) >= 11 is 0. The summed E-state index contributed by atoms with van der Waals surface area (Å²) in [4.78, 5) is 0. The van der Waals surface area contributed by atoms with Gasteiger partial charge in [-0.1, -0.05) is 11.2 Å². The van der Waals surface area contributed by atoms with Crippen molar-refractivity contribution in [2.24, 2.45) is 0 Å². The van der Waals surface area contributed by atoms with Gasteiger partial charge in [0.25, 0.3) is 0 Å². The van der Waals surface area contributed by atoms with E-state index in [1.807, 2.05) is 0 Å². The number of aromatic nitrogens is 1. The van der Waals surface area contributed by atoms with Gasteiger partial charge in [0, 0.05) is 12.7 Å². The normalized spacial score (nSPS) is 10.6. The molecule has 0 aliphatic carbocycles. The molecule has 6 heteroatoms. The Kier molecular flexibility index (Phi) is 3.47. The van der Waals surface area contributed by atoms with Crippen LogP contribution in [0, 0.1) is 5.82 Å². The topological polar surface area (TPSA) is 70.5 Å². The van der Waals surface area contributed by atoms with Crippen LogP contribution in [0.2, 0.25) is 0 Å². The summed E-state index contributed by atoms with van der Waals surface area (Å²) in [5.41, 5.74) is 6.61. The smallest absolute Gasteiger partial charge is 0.230 e. The molecule has 0 saturated heterocycles. The molecule has 0 atom stereocenters. The maximum Gasteiger partial charge on any atom is 0.230 e. The van der Waals surface area contributed by atoms with Gasteiger partial charge in [-0.3, -0.25) is 0 Å². The molecule has 2 rings (SSSR count). The summed E-state index contributed by atoms with van der Waals surface area (Å²) in [7, 11) is 2.95. The number of hydrogen-bond acceptors (Lipinski definition) is 5. The van der Waals surface area contributed by atoms with E-state index >= 15 is 0 Å². The van der Waals surface area contributed by atoms with Gasteiger partial charge >= 0.3 is 0 Å². The van der Waals surface area contributed by atoms with Crippen molar-refractivity contribution in [3.8, 4) is 16.9 Å². The maximum absolute atomic E-state index is 14.4. The number of methoxy groups -OCH3 is 2. The first kappa shape index (κ1) is 12.4. The van der Waals surface area contributed by atoms with Crippen LogP contribution in [-0.4, -0.2) is 19.4 Å². The fourth-order valence-corrected chi connectivity index (χ4v) is 1.73. The van der Waals surface area contributed by atoms with Gasteiger partial charge in [-0.05, 0) is 6.07 Å². The molecule has 0 saturated carbocycles. The van der Waals surface area contributed by atoms with Crippen molar-refractivity contribution in [3.63, 3.8) is 0 Å². The van der Waals surface area contributed by atoms with Crippen molar-refractivity contribution in [2.45, 2.75) is 6.61 Å². The summed E-state index contributed by atoms with van der Waals surface area (Å²) in [5, 5.41) is 3.54. The Hall–Kier alpha value is -2.08. The molecule has 2 N–H and O–H groups in total. The minimum atomic E-state index is -0.453. The van der Waals surface area contributed by atoms with Gasteiger partial charge in [0.2, 0.25) is 5.88 Å². The number of nitrogens with zero attached hydrogens (tertiary/aromatic N) is 1. The summed E-state index contributed by atoms with van der Waals surface area (Å²) < 4.78 is 29.2. The Morgan fingerprint density at radius 1 is 1.39 bits per heavy atom. The van der Waals surface area contributed by atoms with E-state index in [0.717, 1.165) is 0 Å². The number of nitrogens with two attached hydrogens (primary N) is 1. The lowest BCUT2D eigenvalue weighted by molar-refractivity contribution is 0.181. The van der Waals surface area contributed by atoms with E-state index in [1.54, 1.807) is 12.1 Å². The molecule has 1 heterocycles. The molecule has 1 aromatic heterocycles. The Morgan fingerprint density at radius 3 is 2.72 bits per heavy atom. The second-order valence-electron chi connectivity index (χ2n) is 3.65. The molecule has 0 aliphatic heterocycles. The molecule has 0 fully saturated rings. The minimum absolute atomic E-state index is 0.0433. The molecule has 2 aromatic rings. The van der Waals surface area contributed by atoms with Crippen LogP contribution in [0.5, 0.6) is 5.75 Å². The third-order valence-electron chi connectivity index (χ3n) is 2.57. The average molecular weight is 252 g/mol. The van der Waals surface area contributed by atoms with Crippen LogP contribution in [0.1, 0.15) is 5.56 Å². The van der Waals surface area contributed by atoms with Crippen LogP contribution in [0.25, 0.3) is 11.1 Å². The van der Waals surface area contributed by atoms with Crippen LogP contribution in [0.15, 0.2) is 22.9 Å². The molecule has 18 heavy (non-hydrogen) atoms. The largest absolute Gasteiger partial charge is 0.496 e. The van der Waals surface area contributed by atoms with Crippen molar-refractivity contribution < 1.29 is 18.4 Å². The molecule has 0 spiro atoms. The van der Waals surface area contributed by atoms with Crippen LogP contribution < -0.4 is 10.5 Å². The lowest BCUT2D eigenvalue weighted by Crippen LogP contribution is -1.99. The quantitative estimate of drug-likeness (QED) is 0.903. The van der Waals surface area contributed by atoms with Gasteiger partial charge in [0.05, 0.1) is 31.0 Å². The Morgan fingerprint density at radius 2 is 2.17 bits per heavy atom. The highest BCUT2D eigenvalue weighted by Crippen LogP contribution is 2.37. The van der Waals surface area contributed by atoms with E-state index in [-0.39, 0.29) is 18.1 Å². The Labute approximate surface area is 103 Å². The number of nitrogen functional groups attached to an aromatic ring is 1. The number of hydrogen-bond donors (Lipinski definition) is 1. The van der Waals surface area contributed by atoms with Crippen molar-refractivity contribution in [3.05, 3.63) is 29.7 Å². The molecular formula is C12H13FN2O3. The van der Waals surface area contributed by atoms with Gasteiger partial charge in [-0.2, -0.15) is 0 Å². The van der Waals surface area contributed by atoms with Crippen LogP contribution in [-0.2, 0) is 11.3 Å². The molecule has 0 amide bonds. The second-order valence-corrected chi connectivity index (χ2v) is 3.65. The van der Waals surface area contributed by atoms with E-state index in [1.165, 1.54) is 20.4 Å². The predicted octanol–water partition coefficient (Wildman–Crippen LogP) is 2.22. The number of ether oxygens (including phenoxy) is 2. The zero-order chi connectivity index (χ0) is 13.1. The molecule has 0 bridgehead atoms. The van der Waals surface area contributed by atoms with E-state index in [9.17, 15) is 4.39 Å². The first-order chi connectivity index (χ1) is 8.69. The molecule has 5 nitrogen and oxygen atoms in total. The zero-order valence-electron chi connectivity index (χ0n) is 10.1. The van der Waals surface area contributed by atoms with E-state index in [2.05, 4.69) is 5.16 Å². The summed E-state index contributed by atoms with van der Waals surface area (Å²) in [5.74, 6) is -0.0462. The van der Waals surface area contributed by atoms with Crippen LogP contribution in [0.3, 0.4) is 0 Å². The standard InChI is InChI=1S/C12H13FN2O3/c1-16-6-7-3-4-9(17-2)10(11(7)13)8-5-15-18-12(8)14/h3-5H,6,14H2,1-2H3. The number of halogens is 1. The first-order valence-corrected chi connectivity index (χ1v) is 5.23. The van der Waals surface area contributed by atoms with Crippen LogP contribution in [0.4, 0.5) is 10.3 Å². The van der Waals surface area contributed by atoms with Gasteiger partial charge < -0.3 is 19.7 Å².